The van der Waals surface area contributed by atoms with Crippen LogP contribution in [0.4, 0.5) is 0 Å². The number of rotatable bonds is 11. The Morgan fingerprint density at radius 1 is 1.21 bits per heavy atom. The molecular formula is C36H47N3O4. The Morgan fingerprint density at radius 2 is 1.91 bits per heavy atom. The number of nitroso groups, excluding NO2 is 1. The molecule has 0 heterocycles. The first kappa shape index (κ1) is 32.4. The summed E-state index contributed by atoms with van der Waals surface area (Å²) in [7, 11) is 1.58. The number of ether oxygens (including phenoxy) is 2. The third-order valence-corrected chi connectivity index (χ3v) is 9.97. The molecule has 2 aromatic carbocycles. The zero-order chi connectivity index (χ0) is 31.8. The molecule has 0 radical (unpaired) electrons. The Balaban J connectivity index is 1.95. The van der Waals surface area contributed by atoms with Crippen molar-refractivity contribution in [1.82, 2.24) is 5.32 Å². The lowest BCUT2D eigenvalue weighted by Crippen LogP contribution is -2.49. The van der Waals surface area contributed by atoms with Gasteiger partial charge in [-0.3, -0.25) is 10.5 Å². The van der Waals surface area contributed by atoms with E-state index >= 15 is 0 Å². The van der Waals surface area contributed by atoms with Crippen molar-refractivity contribution in [2.75, 3.05) is 7.11 Å². The molecule has 0 amide bonds. The van der Waals surface area contributed by atoms with E-state index in [-0.39, 0.29) is 23.8 Å². The van der Waals surface area contributed by atoms with Crippen LogP contribution in [0.1, 0.15) is 96.3 Å². The van der Waals surface area contributed by atoms with Crippen molar-refractivity contribution < 1.29 is 14.3 Å². The fourth-order valence-electron chi connectivity index (χ4n) is 7.19. The van der Waals surface area contributed by atoms with E-state index in [4.69, 9.17) is 15.2 Å². The minimum Gasteiger partial charge on any atom is -0.496 e. The number of hydrogen-bond donors (Lipinski definition) is 2. The summed E-state index contributed by atoms with van der Waals surface area (Å²) in [5.41, 5.74) is 13.8. The number of nitrogens with two attached hydrogens (primary N) is 1. The van der Waals surface area contributed by atoms with Crippen molar-refractivity contribution in [2.45, 2.75) is 85.2 Å². The molecule has 1 saturated carbocycles. The second kappa shape index (κ2) is 12.6. The van der Waals surface area contributed by atoms with Crippen LogP contribution in [0.3, 0.4) is 0 Å². The largest absolute Gasteiger partial charge is 0.496 e. The number of hydrogen-bond acceptors (Lipinski definition) is 7. The molecule has 0 spiro atoms. The van der Waals surface area contributed by atoms with Crippen LogP contribution < -0.4 is 15.8 Å². The molecule has 43 heavy (non-hydrogen) atoms. The Kier molecular flexibility index (Phi) is 9.48. The molecule has 5 unspecified atom stereocenters. The maximum atomic E-state index is 14.2. The summed E-state index contributed by atoms with van der Waals surface area (Å²) in [6.07, 6.45) is 4.13. The summed E-state index contributed by atoms with van der Waals surface area (Å²) < 4.78 is 12.2. The number of carbonyl (C=O) groups is 1. The summed E-state index contributed by atoms with van der Waals surface area (Å²) in [4.78, 5) is 27.1. The normalized spacial score (nSPS) is 23.4. The van der Waals surface area contributed by atoms with Gasteiger partial charge in [0.05, 0.1) is 13.2 Å². The average molecular weight is 586 g/mol. The van der Waals surface area contributed by atoms with Gasteiger partial charge in [-0.15, -0.1) is 4.91 Å². The quantitative estimate of drug-likeness (QED) is 0.138. The van der Waals surface area contributed by atoms with Gasteiger partial charge in [-0.05, 0) is 103 Å². The number of nitrogens with one attached hydrogen (secondary N) is 1. The second-order valence-electron chi connectivity index (χ2n) is 12.5. The predicted octanol–water partition coefficient (Wildman–Crippen LogP) is 7.45. The van der Waals surface area contributed by atoms with E-state index in [0.717, 1.165) is 29.5 Å². The van der Waals surface area contributed by atoms with Crippen LogP contribution in [0.2, 0.25) is 0 Å². The van der Waals surface area contributed by atoms with Crippen LogP contribution in [0, 0.1) is 36.5 Å². The molecule has 4 rings (SSSR count). The van der Waals surface area contributed by atoms with E-state index in [9.17, 15) is 9.70 Å². The van der Waals surface area contributed by atoms with Gasteiger partial charge in [0.2, 0.25) is 0 Å². The summed E-state index contributed by atoms with van der Waals surface area (Å²) in [5, 5.41) is 6.86. The van der Waals surface area contributed by atoms with Gasteiger partial charge >= 0.3 is 0 Å². The first-order chi connectivity index (χ1) is 20.3. The lowest BCUT2D eigenvalue weighted by Gasteiger charge is -2.42. The maximum absolute atomic E-state index is 14.2. The molecule has 1 fully saturated rings. The van der Waals surface area contributed by atoms with Crippen molar-refractivity contribution in [1.29, 1.82) is 0 Å². The Hall–Kier alpha value is -3.55. The molecule has 0 bridgehead atoms. The number of methoxy groups -OCH3 is 1. The van der Waals surface area contributed by atoms with Crippen molar-refractivity contribution in [2.24, 2.45) is 28.7 Å². The van der Waals surface area contributed by atoms with E-state index in [1.807, 2.05) is 26.0 Å². The highest BCUT2D eigenvalue weighted by Crippen LogP contribution is 2.47. The zero-order valence-electron chi connectivity index (χ0n) is 26.8. The first-order valence-electron chi connectivity index (χ1n) is 15.3. The smallest absolute Gasteiger partial charge is 0.281 e. The minimum atomic E-state index is -1.99. The zero-order valence-corrected chi connectivity index (χ0v) is 26.8. The highest BCUT2D eigenvalue weighted by molar-refractivity contribution is 6.20. The summed E-state index contributed by atoms with van der Waals surface area (Å²) in [6, 6.07) is 5.57. The molecule has 7 heteroatoms. The van der Waals surface area contributed by atoms with Crippen LogP contribution in [-0.4, -0.2) is 25.0 Å². The number of allylic oxidation sites excluding steroid dienone is 1. The Bertz CT molecular complexity index is 1480. The maximum Gasteiger partial charge on any atom is 0.281 e. The van der Waals surface area contributed by atoms with Crippen LogP contribution in [0.25, 0.3) is 5.57 Å². The van der Waals surface area contributed by atoms with Crippen LogP contribution in [0.5, 0.6) is 5.75 Å². The van der Waals surface area contributed by atoms with Crippen molar-refractivity contribution in [3.05, 3.63) is 99.1 Å². The summed E-state index contributed by atoms with van der Waals surface area (Å²) in [6.45, 7) is 24.9. The fourth-order valence-corrected chi connectivity index (χ4v) is 7.19. The van der Waals surface area contributed by atoms with E-state index in [2.05, 4.69) is 57.9 Å². The molecule has 0 aliphatic heterocycles. The molecule has 230 valence electrons. The molecule has 3 N–H and O–H groups in total. The fraction of sp³-hybridized carbons (Fsp3) is 0.472. The molecule has 0 aromatic heterocycles. The standard InChI is InChI=1S/C36H47N3O4/c1-11-19(3)20(4)17-28-23(7)33-31(24(8)32-27(35(33)40)14-13-15-30(32)42-10)25(9)34(28)36(37,39-41)43-26-16-21(5)22(6)29(18-26)38-12-2/h12-15,20-22,26,29,38H,2-3,8,11,16-18,37H2,1,4-7,9-10H3/t20?,21?,22?,26-,29?,36?/m1/s1. The molecular weight excluding hydrogens is 538 g/mol. The first-order valence-corrected chi connectivity index (χ1v) is 15.3. The number of ketones is 1. The minimum absolute atomic E-state index is 0.0711. The van der Waals surface area contributed by atoms with E-state index in [0.29, 0.717) is 69.4 Å². The Labute approximate surface area is 256 Å². The SMILES string of the molecule is C=CNC1C[C@H](OC(N)(N=O)c2c(C)c3c(c(C)c2CC(C)C(=C)CC)C(=O)c2cccc(OC)c2C3=C)CC(C)C1C. The second-order valence-corrected chi connectivity index (χ2v) is 12.5. The van der Waals surface area contributed by atoms with Gasteiger partial charge in [0, 0.05) is 28.3 Å². The molecule has 6 atom stereocenters. The van der Waals surface area contributed by atoms with Crippen LogP contribution in [-0.2, 0) is 17.0 Å². The summed E-state index contributed by atoms with van der Waals surface area (Å²) >= 11 is 0. The van der Waals surface area contributed by atoms with Gasteiger partial charge in [0.25, 0.3) is 5.85 Å². The number of fused-ring (bicyclic) bond motifs is 2. The number of carbonyl (C=O) groups excluding carboxylic acids is 1. The lowest BCUT2D eigenvalue weighted by atomic mass is 9.72. The monoisotopic (exact) mass is 585 g/mol. The van der Waals surface area contributed by atoms with E-state index < -0.39 is 5.85 Å². The lowest BCUT2D eigenvalue weighted by molar-refractivity contribution is -0.120. The Morgan fingerprint density at radius 3 is 2.51 bits per heavy atom. The van der Waals surface area contributed by atoms with Gasteiger partial charge in [-0.1, -0.05) is 65.1 Å². The highest BCUT2D eigenvalue weighted by Gasteiger charge is 2.44. The van der Waals surface area contributed by atoms with Gasteiger partial charge in [-0.2, -0.15) is 0 Å². The predicted molar refractivity (Wildman–Crippen MR) is 174 cm³/mol. The highest BCUT2D eigenvalue weighted by atomic mass is 16.6. The van der Waals surface area contributed by atoms with Crippen molar-refractivity contribution in [3.8, 4) is 5.75 Å². The van der Waals surface area contributed by atoms with E-state index in [1.165, 1.54) is 0 Å². The van der Waals surface area contributed by atoms with Crippen LogP contribution >= 0.6 is 0 Å². The number of benzene rings is 2. The molecule has 0 saturated heterocycles. The van der Waals surface area contributed by atoms with Gasteiger partial charge in [0.1, 0.15) is 5.75 Å². The molecule has 2 aliphatic rings. The average Bonchev–Trinajstić information content (AvgIpc) is 2.98. The van der Waals surface area contributed by atoms with Crippen LogP contribution in [0.15, 0.2) is 54.9 Å². The summed E-state index contributed by atoms with van der Waals surface area (Å²) in [5.74, 6) is -0.744. The topological polar surface area (TPSA) is 103 Å². The van der Waals surface area contributed by atoms with Crippen molar-refractivity contribution >= 4 is 11.4 Å². The molecule has 2 aliphatic carbocycles. The third kappa shape index (κ3) is 5.61. The van der Waals surface area contributed by atoms with Gasteiger partial charge < -0.3 is 14.8 Å². The van der Waals surface area contributed by atoms with Gasteiger partial charge in [-0.25, -0.2) is 0 Å². The third-order valence-electron chi connectivity index (χ3n) is 9.97. The van der Waals surface area contributed by atoms with Crippen molar-refractivity contribution in [3.63, 3.8) is 0 Å². The molecule has 2 aromatic rings. The molecule has 7 nitrogen and oxygen atoms in total. The van der Waals surface area contributed by atoms with E-state index in [1.54, 1.807) is 19.4 Å². The van der Waals surface area contributed by atoms with Gasteiger partial charge in [0.15, 0.2) is 5.78 Å². The number of nitrogens with zero attached hydrogens (tertiary/aromatic N) is 1.